The summed E-state index contributed by atoms with van der Waals surface area (Å²) < 4.78 is 26.1. The zero-order valence-corrected chi connectivity index (χ0v) is 11.6. The number of nitrogen functional groups attached to an aromatic ring is 1. The van der Waals surface area contributed by atoms with Crippen LogP contribution in [-0.2, 0) is 6.54 Å². The van der Waals surface area contributed by atoms with E-state index in [2.05, 4.69) is 0 Å². The molecule has 0 saturated carbocycles. The molecule has 2 rings (SSSR count). The summed E-state index contributed by atoms with van der Waals surface area (Å²) in [5.74, 6) is -2.02. The molecular weight excluding hydrogens is 274 g/mol. The molecule has 0 aromatic heterocycles. The highest BCUT2D eigenvalue weighted by atomic mass is 19.2. The maximum atomic E-state index is 13.2. The van der Waals surface area contributed by atoms with Gasteiger partial charge in [-0.25, -0.2) is 8.78 Å². The Bertz CT molecular complexity index is 658. The van der Waals surface area contributed by atoms with E-state index in [0.717, 1.165) is 12.1 Å². The summed E-state index contributed by atoms with van der Waals surface area (Å²) in [6.45, 7) is 2.48. The van der Waals surface area contributed by atoms with Crippen molar-refractivity contribution in [2.45, 2.75) is 13.5 Å². The van der Waals surface area contributed by atoms with Crippen LogP contribution in [0.5, 0.6) is 0 Å². The monoisotopic (exact) mass is 290 g/mol. The zero-order valence-electron chi connectivity index (χ0n) is 11.6. The maximum absolute atomic E-state index is 13.2. The first-order valence-electron chi connectivity index (χ1n) is 6.60. The number of halogens is 2. The predicted octanol–water partition coefficient (Wildman–Crippen LogP) is 3.21. The number of amides is 1. The van der Waals surface area contributed by atoms with Gasteiger partial charge in [0.05, 0.1) is 0 Å². The van der Waals surface area contributed by atoms with Gasteiger partial charge in [0.2, 0.25) is 0 Å². The summed E-state index contributed by atoms with van der Waals surface area (Å²) in [6, 6.07) is 10.3. The van der Waals surface area contributed by atoms with Crippen molar-refractivity contribution >= 4 is 11.6 Å². The summed E-state index contributed by atoms with van der Waals surface area (Å²) >= 11 is 0. The van der Waals surface area contributed by atoms with Crippen LogP contribution >= 0.6 is 0 Å². The third-order valence-electron chi connectivity index (χ3n) is 3.16. The van der Waals surface area contributed by atoms with Gasteiger partial charge in [-0.2, -0.15) is 0 Å². The second-order valence-corrected chi connectivity index (χ2v) is 4.69. The van der Waals surface area contributed by atoms with E-state index in [-0.39, 0.29) is 12.5 Å². The summed E-state index contributed by atoms with van der Waals surface area (Å²) in [4.78, 5) is 13.9. The van der Waals surface area contributed by atoms with Crippen LogP contribution in [-0.4, -0.2) is 17.4 Å². The van der Waals surface area contributed by atoms with E-state index >= 15 is 0 Å². The van der Waals surface area contributed by atoms with Crippen LogP contribution in [0.15, 0.2) is 42.5 Å². The Hall–Kier alpha value is -2.43. The molecule has 0 radical (unpaired) electrons. The van der Waals surface area contributed by atoms with Crippen molar-refractivity contribution in [3.63, 3.8) is 0 Å². The van der Waals surface area contributed by atoms with Gasteiger partial charge in [0.15, 0.2) is 11.6 Å². The molecule has 0 fully saturated rings. The second-order valence-electron chi connectivity index (χ2n) is 4.69. The van der Waals surface area contributed by atoms with Crippen LogP contribution < -0.4 is 5.73 Å². The summed E-state index contributed by atoms with van der Waals surface area (Å²) in [5.41, 5.74) is 7.18. The van der Waals surface area contributed by atoms with E-state index in [1.165, 1.54) is 6.07 Å². The van der Waals surface area contributed by atoms with E-state index in [9.17, 15) is 13.6 Å². The Balaban J connectivity index is 2.19. The Kier molecular flexibility index (Phi) is 4.52. The summed E-state index contributed by atoms with van der Waals surface area (Å²) in [7, 11) is 0. The molecule has 0 spiro atoms. The molecule has 0 aliphatic heterocycles. The molecule has 21 heavy (non-hydrogen) atoms. The first-order valence-corrected chi connectivity index (χ1v) is 6.60. The van der Waals surface area contributed by atoms with Crippen LogP contribution in [0.4, 0.5) is 14.5 Å². The number of nitrogens with two attached hydrogens (primary N) is 1. The average molecular weight is 290 g/mol. The number of benzene rings is 2. The lowest BCUT2D eigenvalue weighted by molar-refractivity contribution is 0.0752. The fraction of sp³-hybridized carbons (Fsp3) is 0.188. The first kappa shape index (κ1) is 15.0. The number of carbonyl (C=O) groups excluding carboxylic acids is 1. The third-order valence-corrected chi connectivity index (χ3v) is 3.16. The van der Waals surface area contributed by atoms with Crippen molar-refractivity contribution < 1.29 is 13.6 Å². The quantitative estimate of drug-likeness (QED) is 0.879. The van der Waals surface area contributed by atoms with E-state index in [0.29, 0.717) is 23.4 Å². The molecule has 0 unspecified atom stereocenters. The normalized spacial score (nSPS) is 10.4. The van der Waals surface area contributed by atoms with Crippen molar-refractivity contribution in [2.24, 2.45) is 0 Å². The van der Waals surface area contributed by atoms with Crippen molar-refractivity contribution in [1.82, 2.24) is 4.90 Å². The lowest BCUT2D eigenvalue weighted by Gasteiger charge is -2.21. The molecule has 2 aromatic carbocycles. The van der Waals surface area contributed by atoms with Gasteiger partial charge in [-0.05, 0) is 42.8 Å². The molecule has 3 nitrogen and oxygen atoms in total. The average Bonchev–Trinajstić information content (AvgIpc) is 2.47. The largest absolute Gasteiger partial charge is 0.399 e. The molecule has 0 atom stereocenters. The van der Waals surface area contributed by atoms with Crippen LogP contribution in [0, 0.1) is 11.6 Å². The van der Waals surface area contributed by atoms with Gasteiger partial charge in [0.1, 0.15) is 0 Å². The molecule has 2 N–H and O–H groups in total. The van der Waals surface area contributed by atoms with Crippen LogP contribution in [0.3, 0.4) is 0 Å². The summed E-state index contributed by atoms with van der Waals surface area (Å²) in [5, 5.41) is 0. The maximum Gasteiger partial charge on any atom is 0.254 e. The Morgan fingerprint density at radius 3 is 2.52 bits per heavy atom. The van der Waals surface area contributed by atoms with Crippen LogP contribution in [0.25, 0.3) is 0 Å². The topological polar surface area (TPSA) is 46.3 Å². The Morgan fingerprint density at radius 2 is 1.90 bits per heavy atom. The molecule has 1 amide bonds. The van der Waals surface area contributed by atoms with Gasteiger partial charge in [0.25, 0.3) is 5.91 Å². The third kappa shape index (κ3) is 3.56. The molecule has 0 bridgehead atoms. The minimum Gasteiger partial charge on any atom is -0.399 e. The van der Waals surface area contributed by atoms with Gasteiger partial charge >= 0.3 is 0 Å². The minimum absolute atomic E-state index is 0.200. The highest BCUT2D eigenvalue weighted by Crippen LogP contribution is 2.14. The van der Waals surface area contributed by atoms with Crippen molar-refractivity contribution in [3.8, 4) is 0 Å². The fourth-order valence-electron chi connectivity index (χ4n) is 2.04. The number of nitrogens with zero attached hydrogens (tertiary/aromatic N) is 1. The van der Waals surface area contributed by atoms with E-state index < -0.39 is 11.6 Å². The van der Waals surface area contributed by atoms with Crippen LogP contribution in [0.2, 0.25) is 0 Å². The number of carbonyl (C=O) groups is 1. The van der Waals surface area contributed by atoms with Gasteiger partial charge in [0, 0.05) is 24.3 Å². The van der Waals surface area contributed by atoms with Gasteiger partial charge in [-0.3, -0.25) is 4.79 Å². The second kappa shape index (κ2) is 6.35. The standard InChI is InChI=1S/C16H16F2N2O/c1-2-20(10-11-6-7-14(17)15(18)8-11)16(21)12-4-3-5-13(19)9-12/h3-9H,2,10,19H2,1H3. The fourth-order valence-corrected chi connectivity index (χ4v) is 2.04. The smallest absolute Gasteiger partial charge is 0.254 e. The van der Waals surface area contributed by atoms with Gasteiger partial charge in [-0.15, -0.1) is 0 Å². The Labute approximate surface area is 122 Å². The molecule has 2 aromatic rings. The lowest BCUT2D eigenvalue weighted by atomic mass is 10.1. The van der Waals surface area contributed by atoms with Gasteiger partial charge < -0.3 is 10.6 Å². The SMILES string of the molecule is CCN(Cc1ccc(F)c(F)c1)C(=O)c1cccc(N)c1. The zero-order chi connectivity index (χ0) is 15.4. The predicted molar refractivity (Wildman–Crippen MR) is 77.6 cm³/mol. The van der Waals surface area contributed by atoms with E-state index in [1.807, 2.05) is 6.92 Å². The van der Waals surface area contributed by atoms with Crippen LogP contribution in [0.1, 0.15) is 22.8 Å². The molecule has 5 heteroatoms. The highest BCUT2D eigenvalue weighted by molar-refractivity contribution is 5.95. The number of rotatable bonds is 4. The highest BCUT2D eigenvalue weighted by Gasteiger charge is 2.15. The molecule has 110 valence electrons. The number of hydrogen-bond acceptors (Lipinski definition) is 2. The molecule has 0 saturated heterocycles. The van der Waals surface area contributed by atoms with Crippen molar-refractivity contribution in [3.05, 3.63) is 65.2 Å². The van der Waals surface area contributed by atoms with E-state index in [1.54, 1.807) is 29.2 Å². The molecule has 0 heterocycles. The number of anilines is 1. The first-order chi connectivity index (χ1) is 10.0. The minimum atomic E-state index is -0.917. The summed E-state index contributed by atoms with van der Waals surface area (Å²) in [6.07, 6.45) is 0. The molecule has 0 aliphatic rings. The molecular formula is C16H16F2N2O. The molecule has 0 aliphatic carbocycles. The van der Waals surface area contributed by atoms with Crippen molar-refractivity contribution in [2.75, 3.05) is 12.3 Å². The van der Waals surface area contributed by atoms with Gasteiger partial charge in [-0.1, -0.05) is 12.1 Å². The Morgan fingerprint density at radius 1 is 1.14 bits per heavy atom. The van der Waals surface area contributed by atoms with Crippen molar-refractivity contribution in [1.29, 1.82) is 0 Å². The van der Waals surface area contributed by atoms with E-state index in [4.69, 9.17) is 5.73 Å². The number of hydrogen-bond donors (Lipinski definition) is 1. The lowest BCUT2D eigenvalue weighted by Crippen LogP contribution is -2.30.